The number of hydrogen-bond acceptors (Lipinski definition) is 3. The van der Waals surface area contributed by atoms with Crippen LogP contribution in [-0.4, -0.2) is 31.1 Å². The predicted molar refractivity (Wildman–Crippen MR) is 85.2 cm³/mol. The highest BCUT2D eigenvalue weighted by Gasteiger charge is 2.17. The van der Waals surface area contributed by atoms with Crippen molar-refractivity contribution < 1.29 is 0 Å². The molecule has 0 spiro atoms. The molecule has 1 aromatic heterocycles. The van der Waals surface area contributed by atoms with E-state index < -0.39 is 0 Å². The quantitative estimate of drug-likeness (QED) is 0.899. The van der Waals surface area contributed by atoms with Gasteiger partial charge in [-0.2, -0.15) is 0 Å². The van der Waals surface area contributed by atoms with Crippen LogP contribution < -0.4 is 5.32 Å². The molecule has 2 aromatic rings. The van der Waals surface area contributed by atoms with Gasteiger partial charge in [-0.1, -0.05) is 6.42 Å². The van der Waals surface area contributed by atoms with Gasteiger partial charge in [-0.15, -0.1) is 11.3 Å². The molecular weight excluding hydrogens is 252 g/mol. The minimum absolute atomic E-state index is 0.770. The highest BCUT2D eigenvalue weighted by Crippen LogP contribution is 2.24. The fourth-order valence-electron chi connectivity index (χ4n) is 2.97. The SMILES string of the molecule is CN1CCCCC1CCNc1ccc2sccc2c1. The van der Waals surface area contributed by atoms with Gasteiger partial charge in [-0.05, 0) is 67.9 Å². The van der Waals surface area contributed by atoms with E-state index in [1.165, 1.54) is 48.0 Å². The Hall–Kier alpha value is -1.06. The maximum atomic E-state index is 3.57. The Morgan fingerprint density at radius 2 is 2.26 bits per heavy atom. The molecule has 0 radical (unpaired) electrons. The molecule has 1 aliphatic rings. The number of benzene rings is 1. The van der Waals surface area contributed by atoms with E-state index in [0.29, 0.717) is 0 Å². The van der Waals surface area contributed by atoms with Gasteiger partial charge in [0.05, 0.1) is 0 Å². The van der Waals surface area contributed by atoms with E-state index in [1.807, 2.05) is 11.3 Å². The molecule has 1 fully saturated rings. The largest absolute Gasteiger partial charge is 0.385 e. The fraction of sp³-hybridized carbons (Fsp3) is 0.500. The molecule has 2 heterocycles. The highest BCUT2D eigenvalue weighted by atomic mass is 32.1. The Kier molecular flexibility index (Phi) is 4.04. The molecule has 3 rings (SSSR count). The molecule has 0 aliphatic carbocycles. The summed E-state index contributed by atoms with van der Waals surface area (Å²) in [4.78, 5) is 2.52. The lowest BCUT2D eigenvalue weighted by Crippen LogP contribution is -2.37. The maximum absolute atomic E-state index is 3.57. The third-order valence-corrected chi connectivity index (χ3v) is 5.08. The van der Waals surface area contributed by atoms with Crippen molar-refractivity contribution in [3.05, 3.63) is 29.6 Å². The summed E-state index contributed by atoms with van der Waals surface area (Å²) in [6.07, 6.45) is 5.38. The van der Waals surface area contributed by atoms with Crippen LogP contribution in [0.1, 0.15) is 25.7 Å². The van der Waals surface area contributed by atoms with Gasteiger partial charge in [0.15, 0.2) is 0 Å². The maximum Gasteiger partial charge on any atom is 0.0347 e. The van der Waals surface area contributed by atoms with Crippen molar-refractivity contribution >= 4 is 27.1 Å². The summed E-state index contributed by atoms with van der Waals surface area (Å²) in [6.45, 7) is 2.34. The average Bonchev–Trinajstić information content (AvgIpc) is 2.88. The molecule has 1 N–H and O–H groups in total. The van der Waals surface area contributed by atoms with Crippen LogP contribution in [0.3, 0.4) is 0 Å². The Labute approximate surface area is 119 Å². The first-order valence-corrected chi connectivity index (χ1v) is 8.12. The lowest BCUT2D eigenvalue weighted by molar-refractivity contribution is 0.179. The summed E-state index contributed by atoms with van der Waals surface area (Å²) < 4.78 is 1.37. The summed E-state index contributed by atoms with van der Waals surface area (Å²) in [7, 11) is 2.27. The van der Waals surface area contributed by atoms with Crippen LogP contribution in [0.4, 0.5) is 5.69 Å². The second-order valence-electron chi connectivity index (χ2n) is 5.52. The van der Waals surface area contributed by atoms with Gasteiger partial charge in [-0.25, -0.2) is 0 Å². The van der Waals surface area contributed by atoms with Crippen molar-refractivity contribution in [3.63, 3.8) is 0 Å². The molecule has 1 aromatic carbocycles. The lowest BCUT2D eigenvalue weighted by atomic mass is 10.0. The molecule has 0 bridgehead atoms. The number of anilines is 1. The fourth-order valence-corrected chi connectivity index (χ4v) is 3.74. The molecule has 3 heteroatoms. The van der Waals surface area contributed by atoms with E-state index >= 15 is 0 Å². The van der Waals surface area contributed by atoms with Crippen molar-refractivity contribution in [2.45, 2.75) is 31.7 Å². The molecule has 1 saturated heterocycles. The first-order chi connectivity index (χ1) is 9.33. The molecule has 1 atom stereocenters. The zero-order chi connectivity index (χ0) is 13.1. The standard InChI is InChI=1S/C16H22N2S/c1-18-10-3-2-4-15(18)7-9-17-14-5-6-16-13(12-14)8-11-19-16/h5-6,8,11-12,15,17H,2-4,7,9-10H2,1H3. The minimum Gasteiger partial charge on any atom is -0.385 e. The van der Waals surface area contributed by atoms with Gasteiger partial charge in [0.2, 0.25) is 0 Å². The van der Waals surface area contributed by atoms with Crippen LogP contribution in [0.25, 0.3) is 10.1 Å². The average molecular weight is 274 g/mol. The number of hydrogen-bond donors (Lipinski definition) is 1. The number of likely N-dealkylation sites (tertiary alicyclic amines) is 1. The van der Waals surface area contributed by atoms with Gasteiger partial charge in [0, 0.05) is 23.0 Å². The monoisotopic (exact) mass is 274 g/mol. The van der Waals surface area contributed by atoms with E-state index in [-0.39, 0.29) is 0 Å². The molecular formula is C16H22N2S. The van der Waals surface area contributed by atoms with Crippen molar-refractivity contribution in [3.8, 4) is 0 Å². The second kappa shape index (κ2) is 5.93. The van der Waals surface area contributed by atoms with Gasteiger partial charge >= 0.3 is 0 Å². The number of thiophene rings is 1. The topological polar surface area (TPSA) is 15.3 Å². The smallest absolute Gasteiger partial charge is 0.0347 e. The molecule has 1 aliphatic heterocycles. The van der Waals surface area contributed by atoms with E-state index in [4.69, 9.17) is 0 Å². The first-order valence-electron chi connectivity index (χ1n) is 7.24. The summed E-state index contributed by atoms with van der Waals surface area (Å²) in [5, 5.41) is 7.08. The number of nitrogens with zero attached hydrogens (tertiary/aromatic N) is 1. The number of nitrogens with one attached hydrogen (secondary N) is 1. The van der Waals surface area contributed by atoms with Crippen molar-refractivity contribution in [1.29, 1.82) is 0 Å². The Bertz CT molecular complexity index is 534. The third kappa shape index (κ3) is 3.10. The molecule has 0 amide bonds. The zero-order valence-electron chi connectivity index (χ0n) is 11.6. The van der Waals surface area contributed by atoms with Crippen molar-refractivity contribution in [1.82, 2.24) is 4.90 Å². The van der Waals surface area contributed by atoms with Gasteiger partial charge in [-0.3, -0.25) is 0 Å². The zero-order valence-corrected chi connectivity index (χ0v) is 12.4. The van der Waals surface area contributed by atoms with E-state index in [0.717, 1.165) is 12.6 Å². The van der Waals surface area contributed by atoms with Gasteiger partial charge < -0.3 is 10.2 Å². The first kappa shape index (κ1) is 12.9. The normalized spacial score (nSPS) is 20.8. The van der Waals surface area contributed by atoms with Crippen LogP contribution >= 0.6 is 11.3 Å². The lowest BCUT2D eigenvalue weighted by Gasteiger charge is -2.32. The summed E-state index contributed by atoms with van der Waals surface area (Å²) in [5.41, 5.74) is 1.25. The molecule has 2 nitrogen and oxygen atoms in total. The van der Waals surface area contributed by atoms with E-state index in [1.54, 1.807) is 0 Å². The summed E-state index contributed by atoms with van der Waals surface area (Å²) >= 11 is 1.81. The van der Waals surface area contributed by atoms with Crippen molar-refractivity contribution in [2.75, 3.05) is 25.5 Å². The molecule has 1 unspecified atom stereocenters. The third-order valence-electron chi connectivity index (χ3n) is 4.18. The number of piperidine rings is 1. The van der Waals surface area contributed by atoms with Gasteiger partial charge in [0.1, 0.15) is 0 Å². The van der Waals surface area contributed by atoms with E-state index in [9.17, 15) is 0 Å². The predicted octanol–water partition coefficient (Wildman–Crippen LogP) is 4.19. The van der Waals surface area contributed by atoms with Crippen LogP contribution in [0.2, 0.25) is 0 Å². The second-order valence-corrected chi connectivity index (χ2v) is 6.47. The Balaban J connectivity index is 1.53. The Morgan fingerprint density at radius 1 is 1.32 bits per heavy atom. The van der Waals surface area contributed by atoms with Gasteiger partial charge in [0.25, 0.3) is 0 Å². The van der Waals surface area contributed by atoms with Crippen molar-refractivity contribution in [2.24, 2.45) is 0 Å². The summed E-state index contributed by atoms with van der Waals surface area (Å²) in [6, 6.07) is 9.64. The van der Waals surface area contributed by atoms with Crippen LogP contribution in [-0.2, 0) is 0 Å². The van der Waals surface area contributed by atoms with E-state index in [2.05, 4.69) is 46.9 Å². The molecule has 0 saturated carbocycles. The minimum atomic E-state index is 0.770. The Morgan fingerprint density at radius 3 is 3.16 bits per heavy atom. The number of rotatable bonds is 4. The molecule has 19 heavy (non-hydrogen) atoms. The van der Waals surface area contributed by atoms with Crippen LogP contribution in [0, 0.1) is 0 Å². The molecule has 102 valence electrons. The number of fused-ring (bicyclic) bond motifs is 1. The van der Waals surface area contributed by atoms with Crippen LogP contribution in [0.5, 0.6) is 0 Å². The highest BCUT2D eigenvalue weighted by molar-refractivity contribution is 7.17. The summed E-state index contributed by atoms with van der Waals surface area (Å²) in [5.74, 6) is 0. The van der Waals surface area contributed by atoms with Crippen LogP contribution in [0.15, 0.2) is 29.6 Å².